The maximum absolute atomic E-state index is 11.7. The van der Waals surface area contributed by atoms with E-state index in [9.17, 15) is 14.7 Å². The van der Waals surface area contributed by atoms with Gasteiger partial charge < -0.3 is 20.8 Å². The van der Waals surface area contributed by atoms with Gasteiger partial charge in [0.25, 0.3) is 0 Å². The van der Waals surface area contributed by atoms with Gasteiger partial charge in [0, 0.05) is 4.47 Å². The van der Waals surface area contributed by atoms with Crippen molar-refractivity contribution in [2.24, 2.45) is 0 Å². The quantitative estimate of drug-likeness (QED) is 0.640. The first-order chi connectivity index (χ1) is 9.22. The van der Waals surface area contributed by atoms with Crippen molar-refractivity contribution in [1.29, 1.82) is 0 Å². The monoisotopic (exact) mass is 384 g/mol. The fraction of sp³-hybridized carbons (Fsp3) is 0.273. The van der Waals surface area contributed by atoms with E-state index in [1.165, 1.54) is 19.1 Å². The molecule has 0 heterocycles. The first-order valence-electron chi connectivity index (χ1n) is 5.35. The van der Waals surface area contributed by atoms with E-state index < -0.39 is 24.1 Å². The highest BCUT2D eigenvalue weighted by Gasteiger charge is 2.25. The van der Waals surface area contributed by atoms with Crippen LogP contribution in [0.5, 0.6) is 0 Å². The first kappa shape index (κ1) is 17.0. The third-order valence-electron chi connectivity index (χ3n) is 2.28. The number of amides is 2. The Morgan fingerprint density at radius 2 is 1.80 bits per heavy atom. The van der Waals surface area contributed by atoms with Crippen LogP contribution in [0.4, 0.5) is 10.5 Å². The van der Waals surface area contributed by atoms with Gasteiger partial charge in [-0.15, -0.1) is 0 Å². The number of urea groups is 1. The van der Waals surface area contributed by atoms with Gasteiger partial charge in [-0.2, -0.15) is 0 Å². The topological polar surface area (TPSA) is 98.7 Å². The van der Waals surface area contributed by atoms with Crippen molar-refractivity contribution in [2.75, 3.05) is 5.32 Å². The van der Waals surface area contributed by atoms with Crippen LogP contribution in [0.15, 0.2) is 16.6 Å². The predicted molar refractivity (Wildman–Crippen MR) is 79.4 cm³/mol. The summed E-state index contributed by atoms with van der Waals surface area (Å²) >= 11 is 15.0. The molecule has 0 saturated heterocycles. The molecule has 0 aromatic heterocycles. The Kier molecular flexibility index (Phi) is 6.07. The number of carbonyl (C=O) groups is 2. The molecule has 20 heavy (non-hydrogen) atoms. The number of hydrogen-bond donors (Lipinski definition) is 4. The van der Waals surface area contributed by atoms with Gasteiger partial charge in [-0.1, -0.05) is 39.1 Å². The SMILES string of the molecule is C[C@@H](O)[C@H](NC(=O)Nc1c(Cl)cc(Br)cc1Cl)C(=O)O. The second kappa shape index (κ2) is 7.12. The Labute approximate surface area is 133 Å². The van der Waals surface area contributed by atoms with Gasteiger partial charge in [-0.05, 0) is 19.1 Å². The Hall–Kier alpha value is -1.02. The Morgan fingerprint density at radius 1 is 1.30 bits per heavy atom. The third-order valence-corrected chi connectivity index (χ3v) is 3.33. The lowest BCUT2D eigenvalue weighted by molar-refractivity contribution is -0.141. The first-order valence-corrected chi connectivity index (χ1v) is 6.90. The van der Waals surface area contributed by atoms with E-state index in [0.717, 1.165) is 0 Å². The van der Waals surface area contributed by atoms with E-state index in [-0.39, 0.29) is 15.7 Å². The molecule has 2 atom stereocenters. The molecule has 0 aliphatic heterocycles. The Balaban J connectivity index is 2.84. The number of anilines is 1. The predicted octanol–water partition coefficient (Wildman–Crippen LogP) is 2.71. The summed E-state index contributed by atoms with van der Waals surface area (Å²) in [6.45, 7) is 1.25. The lowest BCUT2D eigenvalue weighted by Crippen LogP contribution is -2.49. The van der Waals surface area contributed by atoms with Crippen molar-refractivity contribution in [2.45, 2.75) is 19.1 Å². The van der Waals surface area contributed by atoms with Crippen LogP contribution in [-0.4, -0.2) is 34.4 Å². The van der Waals surface area contributed by atoms with Crippen LogP contribution in [0.2, 0.25) is 10.0 Å². The molecule has 0 bridgehead atoms. The van der Waals surface area contributed by atoms with Gasteiger partial charge in [0.1, 0.15) is 0 Å². The minimum absolute atomic E-state index is 0.142. The van der Waals surface area contributed by atoms with Gasteiger partial charge in [0.15, 0.2) is 6.04 Å². The van der Waals surface area contributed by atoms with Crippen molar-refractivity contribution in [3.05, 3.63) is 26.7 Å². The summed E-state index contributed by atoms with van der Waals surface area (Å²) in [6.07, 6.45) is -1.26. The van der Waals surface area contributed by atoms with E-state index in [2.05, 4.69) is 26.6 Å². The van der Waals surface area contributed by atoms with Crippen LogP contribution in [0.1, 0.15) is 6.92 Å². The molecule has 0 spiro atoms. The highest BCUT2D eigenvalue weighted by Crippen LogP contribution is 2.33. The number of hydrogen-bond acceptors (Lipinski definition) is 3. The lowest BCUT2D eigenvalue weighted by Gasteiger charge is -2.18. The normalized spacial score (nSPS) is 13.4. The van der Waals surface area contributed by atoms with Crippen molar-refractivity contribution < 1.29 is 19.8 Å². The van der Waals surface area contributed by atoms with Crippen molar-refractivity contribution >= 4 is 56.8 Å². The molecule has 2 amide bonds. The van der Waals surface area contributed by atoms with Crippen LogP contribution >= 0.6 is 39.1 Å². The molecule has 0 aliphatic rings. The van der Waals surface area contributed by atoms with E-state index >= 15 is 0 Å². The van der Waals surface area contributed by atoms with Crippen LogP contribution in [0.3, 0.4) is 0 Å². The van der Waals surface area contributed by atoms with Gasteiger partial charge in [-0.3, -0.25) is 0 Å². The molecule has 0 aliphatic carbocycles. The van der Waals surface area contributed by atoms with E-state index in [0.29, 0.717) is 4.47 Å². The average Bonchev–Trinajstić information content (AvgIpc) is 2.29. The Morgan fingerprint density at radius 3 is 2.20 bits per heavy atom. The van der Waals surface area contributed by atoms with Crippen LogP contribution in [0.25, 0.3) is 0 Å². The van der Waals surface area contributed by atoms with Gasteiger partial charge in [-0.25, -0.2) is 9.59 Å². The summed E-state index contributed by atoms with van der Waals surface area (Å²) in [7, 11) is 0. The minimum atomic E-state index is -1.44. The summed E-state index contributed by atoms with van der Waals surface area (Å²) < 4.78 is 0.630. The molecule has 1 aromatic carbocycles. The molecule has 110 valence electrons. The minimum Gasteiger partial charge on any atom is -0.480 e. The molecule has 6 nitrogen and oxygen atoms in total. The molecule has 0 radical (unpaired) electrons. The van der Waals surface area contributed by atoms with Crippen LogP contribution in [-0.2, 0) is 4.79 Å². The van der Waals surface area contributed by atoms with E-state index in [1.807, 2.05) is 0 Å². The van der Waals surface area contributed by atoms with Crippen molar-refractivity contribution in [3.63, 3.8) is 0 Å². The van der Waals surface area contributed by atoms with E-state index in [4.69, 9.17) is 28.3 Å². The van der Waals surface area contributed by atoms with Crippen LogP contribution in [0, 0.1) is 0 Å². The van der Waals surface area contributed by atoms with Crippen molar-refractivity contribution in [1.82, 2.24) is 5.32 Å². The maximum Gasteiger partial charge on any atom is 0.328 e. The number of carbonyl (C=O) groups excluding carboxylic acids is 1. The Bertz CT molecular complexity index is 516. The second-order valence-electron chi connectivity index (χ2n) is 3.90. The number of aliphatic carboxylic acids is 1. The number of carboxylic acids is 1. The highest BCUT2D eigenvalue weighted by atomic mass is 79.9. The summed E-state index contributed by atoms with van der Waals surface area (Å²) in [6, 6.07) is 0.756. The summed E-state index contributed by atoms with van der Waals surface area (Å²) in [5.74, 6) is -1.36. The van der Waals surface area contributed by atoms with E-state index in [1.54, 1.807) is 0 Å². The highest BCUT2D eigenvalue weighted by molar-refractivity contribution is 9.10. The van der Waals surface area contributed by atoms with Crippen molar-refractivity contribution in [3.8, 4) is 0 Å². The fourth-order valence-corrected chi connectivity index (χ4v) is 2.64. The van der Waals surface area contributed by atoms with Crippen LogP contribution < -0.4 is 10.6 Å². The standard InChI is InChI=1S/C11H11BrCl2N2O4/c1-4(17)8(10(18)19)15-11(20)16-9-6(13)2-5(12)3-7(9)14/h2-4,8,17H,1H3,(H,18,19)(H2,15,16,20)/t4-,8+/m1/s1. The smallest absolute Gasteiger partial charge is 0.328 e. The zero-order chi connectivity index (χ0) is 15.4. The lowest BCUT2D eigenvalue weighted by atomic mass is 10.2. The molecular formula is C11H11BrCl2N2O4. The number of aliphatic hydroxyl groups excluding tert-OH is 1. The number of aliphatic hydroxyl groups is 1. The molecule has 1 rings (SSSR count). The van der Waals surface area contributed by atoms with Gasteiger partial charge in [0.05, 0.1) is 21.8 Å². The molecule has 9 heteroatoms. The molecular weight excluding hydrogens is 375 g/mol. The number of rotatable bonds is 4. The third kappa shape index (κ3) is 4.52. The second-order valence-corrected chi connectivity index (χ2v) is 5.63. The molecule has 4 N–H and O–H groups in total. The summed E-state index contributed by atoms with van der Waals surface area (Å²) in [4.78, 5) is 22.5. The molecule has 0 unspecified atom stereocenters. The molecule has 0 fully saturated rings. The largest absolute Gasteiger partial charge is 0.480 e. The number of nitrogens with one attached hydrogen (secondary N) is 2. The zero-order valence-electron chi connectivity index (χ0n) is 10.2. The number of halogens is 3. The fourth-order valence-electron chi connectivity index (χ4n) is 1.34. The van der Waals surface area contributed by atoms with Gasteiger partial charge in [0.2, 0.25) is 0 Å². The molecule has 0 saturated carbocycles. The summed E-state index contributed by atoms with van der Waals surface area (Å²) in [5, 5.41) is 22.9. The summed E-state index contributed by atoms with van der Waals surface area (Å²) in [5.41, 5.74) is 0.142. The number of carboxylic acid groups (broad SMARTS) is 1. The zero-order valence-corrected chi connectivity index (χ0v) is 13.3. The van der Waals surface area contributed by atoms with Gasteiger partial charge >= 0.3 is 12.0 Å². The average molecular weight is 386 g/mol. The molecule has 1 aromatic rings. The number of benzene rings is 1. The maximum atomic E-state index is 11.7.